The van der Waals surface area contributed by atoms with Crippen molar-refractivity contribution in [1.29, 1.82) is 0 Å². The minimum Gasteiger partial charge on any atom is -0.494 e. The lowest BCUT2D eigenvalue weighted by molar-refractivity contribution is 0.0946. The molecule has 2 aromatic heterocycles. The predicted molar refractivity (Wildman–Crippen MR) is 97.3 cm³/mol. The molecule has 0 aliphatic carbocycles. The van der Waals surface area contributed by atoms with Crippen LogP contribution in [-0.4, -0.2) is 22.5 Å². The van der Waals surface area contributed by atoms with Gasteiger partial charge in [-0.25, -0.2) is 4.98 Å². The third-order valence-electron chi connectivity index (χ3n) is 3.51. The first-order chi connectivity index (χ1) is 12.7. The molecule has 0 aliphatic rings. The molecule has 0 radical (unpaired) electrons. The zero-order chi connectivity index (χ0) is 18.2. The fraction of sp³-hybridized carbons (Fsp3) is 0.150. The van der Waals surface area contributed by atoms with E-state index in [1.807, 2.05) is 37.3 Å². The van der Waals surface area contributed by atoms with Gasteiger partial charge < -0.3 is 14.8 Å². The number of carbonyl (C=O) groups excluding carboxylic acids is 1. The van der Waals surface area contributed by atoms with Gasteiger partial charge in [-0.05, 0) is 55.0 Å². The second-order valence-corrected chi connectivity index (χ2v) is 5.41. The SMILES string of the molecule is CCOc1ccc(Oc2cc(CNC(=O)c3ccccn3)ccn2)cc1. The maximum Gasteiger partial charge on any atom is 0.270 e. The minimum atomic E-state index is -0.226. The zero-order valence-corrected chi connectivity index (χ0v) is 14.4. The summed E-state index contributed by atoms with van der Waals surface area (Å²) in [5.41, 5.74) is 1.26. The van der Waals surface area contributed by atoms with Crippen molar-refractivity contribution in [1.82, 2.24) is 15.3 Å². The molecule has 2 heterocycles. The molecule has 0 spiro atoms. The monoisotopic (exact) mass is 349 g/mol. The molecular weight excluding hydrogens is 330 g/mol. The molecule has 0 unspecified atom stereocenters. The lowest BCUT2D eigenvalue weighted by Crippen LogP contribution is -2.23. The van der Waals surface area contributed by atoms with Crippen LogP contribution in [0.4, 0.5) is 0 Å². The molecule has 0 atom stereocenters. The minimum absolute atomic E-state index is 0.226. The molecule has 0 bridgehead atoms. The summed E-state index contributed by atoms with van der Waals surface area (Å²) in [4.78, 5) is 20.3. The number of carbonyl (C=O) groups is 1. The summed E-state index contributed by atoms with van der Waals surface area (Å²) in [6, 6.07) is 16.2. The topological polar surface area (TPSA) is 73.3 Å². The smallest absolute Gasteiger partial charge is 0.270 e. The van der Waals surface area contributed by atoms with Crippen molar-refractivity contribution in [2.45, 2.75) is 13.5 Å². The van der Waals surface area contributed by atoms with E-state index in [-0.39, 0.29) is 5.91 Å². The van der Waals surface area contributed by atoms with Gasteiger partial charge >= 0.3 is 0 Å². The summed E-state index contributed by atoms with van der Waals surface area (Å²) in [6.07, 6.45) is 3.23. The van der Waals surface area contributed by atoms with E-state index in [2.05, 4.69) is 15.3 Å². The van der Waals surface area contributed by atoms with Crippen LogP contribution in [-0.2, 0) is 6.54 Å². The first kappa shape index (κ1) is 17.4. The van der Waals surface area contributed by atoms with Crippen LogP contribution in [0.25, 0.3) is 0 Å². The number of rotatable bonds is 7. The number of nitrogens with zero attached hydrogens (tertiary/aromatic N) is 2. The predicted octanol–water partition coefficient (Wildman–Crippen LogP) is 3.60. The van der Waals surface area contributed by atoms with Crippen molar-refractivity contribution >= 4 is 5.91 Å². The van der Waals surface area contributed by atoms with Gasteiger partial charge in [-0.3, -0.25) is 9.78 Å². The molecule has 3 rings (SSSR count). The van der Waals surface area contributed by atoms with Gasteiger partial charge in [0.05, 0.1) is 6.61 Å². The van der Waals surface area contributed by atoms with Crippen LogP contribution < -0.4 is 14.8 Å². The Hall–Kier alpha value is -3.41. The highest BCUT2D eigenvalue weighted by atomic mass is 16.5. The van der Waals surface area contributed by atoms with Crippen LogP contribution in [0.1, 0.15) is 23.0 Å². The molecule has 1 N–H and O–H groups in total. The zero-order valence-electron chi connectivity index (χ0n) is 14.4. The summed E-state index contributed by atoms with van der Waals surface area (Å²) in [5, 5.41) is 2.83. The first-order valence-corrected chi connectivity index (χ1v) is 8.29. The quantitative estimate of drug-likeness (QED) is 0.705. The van der Waals surface area contributed by atoms with E-state index in [1.165, 1.54) is 0 Å². The van der Waals surface area contributed by atoms with Crippen molar-refractivity contribution in [3.8, 4) is 17.4 Å². The van der Waals surface area contributed by atoms with Gasteiger partial charge in [-0.1, -0.05) is 6.07 Å². The largest absolute Gasteiger partial charge is 0.494 e. The van der Waals surface area contributed by atoms with Crippen LogP contribution >= 0.6 is 0 Å². The molecule has 3 aromatic rings. The number of hydrogen-bond acceptors (Lipinski definition) is 5. The third kappa shape index (κ3) is 4.80. The van der Waals surface area contributed by atoms with Crippen LogP contribution in [0.5, 0.6) is 17.4 Å². The highest BCUT2D eigenvalue weighted by Crippen LogP contribution is 2.23. The van der Waals surface area contributed by atoms with E-state index in [4.69, 9.17) is 9.47 Å². The van der Waals surface area contributed by atoms with Gasteiger partial charge in [0.15, 0.2) is 0 Å². The van der Waals surface area contributed by atoms with Gasteiger partial charge in [0.2, 0.25) is 5.88 Å². The molecule has 6 nitrogen and oxygen atoms in total. The Morgan fingerprint density at radius 1 is 1.00 bits per heavy atom. The standard InChI is InChI=1S/C20H19N3O3/c1-2-25-16-6-8-17(9-7-16)26-19-13-15(10-12-22-19)14-23-20(24)18-5-3-4-11-21-18/h3-13H,2,14H2,1H3,(H,23,24). The van der Waals surface area contributed by atoms with E-state index in [9.17, 15) is 4.79 Å². The summed E-state index contributed by atoms with van der Waals surface area (Å²) >= 11 is 0. The fourth-order valence-corrected chi connectivity index (χ4v) is 2.28. The third-order valence-corrected chi connectivity index (χ3v) is 3.51. The summed E-state index contributed by atoms with van der Waals surface area (Å²) in [6.45, 7) is 2.91. The van der Waals surface area contributed by atoms with Crippen molar-refractivity contribution < 1.29 is 14.3 Å². The van der Waals surface area contributed by atoms with Crippen molar-refractivity contribution in [3.63, 3.8) is 0 Å². The molecule has 26 heavy (non-hydrogen) atoms. The molecule has 6 heteroatoms. The van der Waals surface area contributed by atoms with Gasteiger partial charge in [0.1, 0.15) is 17.2 Å². The first-order valence-electron chi connectivity index (χ1n) is 8.29. The average Bonchev–Trinajstić information content (AvgIpc) is 2.69. The van der Waals surface area contributed by atoms with E-state index in [0.717, 1.165) is 11.3 Å². The maximum absolute atomic E-state index is 12.0. The number of benzene rings is 1. The molecular formula is C20H19N3O3. The lowest BCUT2D eigenvalue weighted by Gasteiger charge is -2.09. The number of amides is 1. The van der Waals surface area contributed by atoms with Gasteiger partial charge in [-0.15, -0.1) is 0 Å². The van der Waals surface area contributed by atoms with Crippen molar-refractivity contribution in [2.75, 3.05) is 6.61 Å². The number of aromatic nitrogens is 2. The Bertz CT molecular complexity index is 852. The second kappa shape index (κ2) is 8.62. The molecule has 132 valence electrons. The van der Waals surface area contributed by atoms with Gasteiger partial charge in [0, 0.05) is 25.0 Å². The number of hydrogen-bond donors (Lipinski definition) is 1. The number of pyridine rings is 2. The van der Waals surface area contributed by atoms with Crippen LogP contribution in [0.3, 0.4) is 0 Å². The van der Waals surface area contributed by atoms with Crippen molar-refractivity contribution in [2.24, 2.45) is 0 Å². The lowest BCUT2D eigenvalue weighted by atomic mass is 10.2. The molecule has 0 saturated heterocycles. The summed E-state index contributed by atoms with van der Waals surface area (Å²) < 4.78 is 11.2. The Labute approximate surface area is 151 Å². The number of nitrogens with one attached hydrogen (secondary N) is 1. The van der Waals surface area contributed by atoms with E-state index in [1.54, 1.807) is 36.7 Å². The van der Waals surface area contributed by atoms with Crippen molar-refractivity contribution in [3.05, 3.63) is 78.2 Å². The highest BCUT2D eigenvalue weighted by molar-refractivity contribution is 5.92. The van der Waals surface area contributed by atoms with Gasteiger partial charge in [-0.2, -0.15) is 0 Å². The summed E-state index contributed by atoms with van der Waals surface area (Å²) in [5.74, 6) is 1.68. The fourth-order valence-electron chi connectivity index (χ4n) is 2.28. The Morgan fingerprint density at radius 2 is 1.81 bits per heavy atom. The molecule has 1 aromatic carbocycles. The van der Waals surface area contributed by atoms with E-state index >= 15 is 0 Å². The van der Waals surface area contributed by atoms with E-state index in [0.29, 0.717) is 30.5 Å². The Kier molecular flexibility index (Phi) is 5.77. The molecule has 0 fully saturated rings. The number of ether oxygens (including phenoxy) is 2. The van der Waals surface area contributed by atoms with Crippen LogP contribution in [0.2, 0.25) is 0 Å². The summed E-state index contributed by atoms with van der Waals surface area (Å²) in [7, 11) is 0. The van der Waals surface area contributed by atoms with Crippen LogP contribution in [0, 0.1) is 0 Å². The Morgan fingerprint density at radius 3 is 2.54 bits per heavy atom. The Balaban J connectivity index is 1.60. The molecule has 0 aliphatic heterocycles. The second-order valence-electron chi connectivity index (χ2n) is 5.41. The average molecular weight is 349 g/mol. The van der Waals surface area contributed by atoms with Crippen LogP contribution in [0.15, 0.2) is 67.0 Å². The maximum atomic E-state index is 12.0. The van der Waals surface area contributed by atoms with E-state index < -0.39 is 0 Å². The normalized spacial score (nSPS) is 10.2. The van der Waals surface area contributed by atoms with Gasteiger partial charge in [0.25, 0.3) is 5.91 Å². The highest BCUT2D eigenvalue weighted by Gasteiger charge is 2.07. The molecule has 1 amide bonds. The molecule has 0 saturated carbocycles.